The minimum Gasteiger partial charge on any atom is -0.376 e. The van der Waals surface area contributed by atoms with Crippen molar-refractivity contribution in [2.45, 2.75) is 25.5 Å². The van der Waals surface area contributed by atoms with Gasteiger partial charge in [-0.2, -0.15) is 0 Å². The molecule has 1 aliphatic rings. The Bertz CT molecular complexity index is 380. The first-order valence-electron chi connectivity index (χ1n) is 6.09. The third-order valence-electron chi connectivity index (χ3n) is 2.85. The molecule has 18 heavy (non-hydrogen) atoms. The maximum absolute atomic E-state index is 5.84. The molecule has 1 aliphatic heterocycles. The van der Waals surface area contributed by atoms with E-state index in [4.69, 9.17) is 9.47 Å². The lowest BCUT2D eigenvalue weighted by Gasteiger charge is -2.31. The minimum atomic E-state index is 0.0862. The van der Waals surface area contributed by atoms with Crippen LogP contribution in [0.3, 0.4) is 0 Å². The lowest BCUT2D eigenvalue weighted by atomic mass is 10.0. The molecule has 2 heterocycles. The molecule has 102 valence electrons. The van der Waals surface area contributed by atoms with Crippen molar-refractivity contribution in [3.05, 3.63) is 19.2 Å². The predicted molar refractivity (Wildman–Crippen MR) is 81.3 cm³/mol. The van der Waals surface area contributed by atoms with Gasteiger partial charge in [0.05, 0.1) is 33.4 Å². The van der Waals surface area contributed by atoms with Crippen LogP contribution in [0.15, 0.2) is 13.6 Å². The van der Waals surface area contributed by atoms with Crippen LogP contribution >= 0.6 is 43.2 Å². The summed E-state index contributed by atoms with van der Waals surface area (Å²) >= 11 is 8.85. The quantitative estimate of drug-likeness (QED) is 0.819. The molecular formula is C12H17Br2NO2S. The Morgan fingerprint density at radius 2 is 2.33 bits per heavy atom. The van der Waals surface area contributed by atoms with E-state index in [9.17, 15) is 0 Å². The summed E-state index contributed by atoms with van der Waals surface area (Å²) in [4.78, 5) is 0. The summed E-state index contributed by atoms with van der Waals surface area (Å²) in [7, 11) is 0. The van der Waals surface area contributed by atoms with Gasteiger partial charge >= 0.3 is 0 Å². The second-order valence-electron chi connectivity index (χ2n) is 4.20. The number of thiophene rings is 1. The molecule has 1 saturated heterocycles. The number of ether oxygens (including phenoxy) is 2. The summed E-state index contributed by atoms with van der Waals surface area (Å²) in [6, 6.07) is 2.34. The molecule has 2 atom stereocenters. The fourth-order valence-electron chi connectivity index (χ4n) is 2.01. The van der Waals surface area contributed by atoms with Gasteiger partial charge in [-0.05, 0) is 56.5 Å². The zero-order valence-electron chi connectivity index (χ0n) is 10.2. The van der Waals surface area contributed by atoms with Gasteiger partial charge < -0.3 is 14.8 Å². The summed E-state index contributed by atoms with van der Waals surface area (Å²) in [5, 5.41) is 3.56. The van der Waals surface area contributed by atoms with Gasteiger partial charge in [-0.15, -0.1) is 11.3 Å². The van der Waals surface area contributed by atoms with E-state index in [0.29, 0.717) is 19.8 Å². The molecule has 1 fully saturated rings. The highest BCUT2D eigenvalue weighted by atomic mass is 79.9. The van der Waals surface area contributed by atoms with Crippen molar-refractivity contribution in [2.75, 3.05) is 26.4 Å². The fourth-order valence-corrected chi connectivity index (χ4v) is 4.93. The molecule has 1 N–H and O–H groups in total. The number of hydrogen-bond acceptors (Lipinski definition) is 4. The van der Waals surface area contributed by atoms with Gasteiger partial charge in [0.1, 0.15) is 6.10 Å². The van der Waals surface area contributed by atoms with E-state index in [2.05, 4.69) is 50.2 Å². The Morgan fingerprint density at radius 1 is 1.50 bits per heavy atom. The van der Waals surface area contributed by atoms with Crippen LogP contribution in [-0.4, -0.2) is 32.5 Å². The number of halogens is 2. The second kappa shape index (κ2) is 7.36. The molecule has 2 unspecified atom stereocenters. The van der Waals surface area contributed by atoms with Crippen LogP contribution in [0.2, 0.25) is 0 Å². The summed E-state index contributed by atoms with van der Waals surface area (Å²) in [6.07, 6.45) is 1.19. The molecule has 3 nitrogen and oxygen atoms in total. The summed E-state index contributed by atoms with van der Waals surface area (Å²) in [6.45, 7) is 5.18. The van der Waals surface area contributed by atoms with Crippen LogP contribution in [0.25, 0.3) is 0 Å². The van der Waals surface area contributed by atoms with E-state index in [1.807, 2.05) is 0 Å². The van der Waals surface area contributed by atoms with Crippen LogP contribution < -0.4 is 5.32 Å². The van der Waals surface area contributed by atoms with E-state index in [1.165, 1.54) is 5.56 Å². The monoisotopic (exact) mass is 397 g/mol. The second-order valence-corrected chi connectivity index (χ2v) is 7.94. The average molecular weight is 399 g/mol. The molecule has 0 aromatic carbocycles. The van der Waals surface area contributed by atoms with Gasteiger partial charge in [0.2, 0.25) is 0 Å². The zero-order chi connectivity index (χ0) is 13.0. The van der Waals surface area contributed by atoms with E-state index < -0.39 is 0 Å². The van der Waals surface area contributed by atoms with Gasteiger partial charge in [-0.3, -0.25) is 0 Å². The molecule has 6 heteroatoms. The highest BCUT2D eigenvalue weighted by Crippen LogP contribution is 2.37. The van der Waals surface area contributed by atoms with Crippen molar-refractivity contribution in [3.8, 4) is 0 Å². The molecule has 2 rings (SSSR count). The Kier molecular flexibility index (Phi) is 6.11. The maximum Gasteiger partial charge on any atom is 0.100 e. The molecule has 0 saturated carbocycles. The normalized spacial score (nSPS) is 22.1. The smallest absolute Gasteiger partial charge is 0.100 e. The number of rotatable bonds is 5. The highest BCUT2D eigenvalue weighted by molar-refractivity contribution is 9.12. The molecule has 0 aliphatic carbocycles. The average Bonchev–Trinajstić information content (AvgIpc) is 2.70. The first-order valence-corrected chi connectivity index (χ1v) is 8.50. The summed E-state index contributed by atoms with van der Waals surface area (Å²) in [5.74, 6) is 0. The van der Waals surface area contributed by atoms with E-state index in [1.54, 1.807) is 11.3 Å². The molecular weight excluding hydrogens is 382 g/mol. The van der Waals surface area contributed by atoms with E-state index in [-0.39, 0.29) is 12.1 Å². The molecule has 0 amide bonds. The van der Waals surface area contributed by atoms with E-state index >= 15 is 0 Å². The molecule has 0 spiro atoms. The maximum atomic E-state index is 5.84. The van der Waals surface area contributed by atoms with Crippen molar-refractivity contribution >= 4 is 43.2 Å². The predicted octanol–water partition coefficient (Wildman–Crippen LogP) is 3.73. The summed E-state index contributed by atoms with van der Waals surface area (Å²) < 4.78 is 13.6. The Morgan fingerprint density at radius 3 is 2.89 bits per heavy atom. The Hall–Kier alpha value is 0.540. The number of nitrogens with one attached hydrogen (secondary N) is 1. The van der Waals surface area contributed by atoms with Crippen LogP contribution in [0.1, 0.15) is 24.9 Å². The third kappa shape index (κ3) is 3.77. The summed E-state index contributed by atoms with van der Waals surface area (Å²) in [5.41, 5.74) is 1.25. The minimum absolute atomic E-state index is 0.0862. The number of hydrogen-bond donors (Lipinski definition) is 1. The fraction of sp³-hybridized carbons (Fsp3) is 0.667. The largest absolute Gasteiger partial charge is 0.376 e. The first-order chi connectivity index (χ1) is 8.72. The van der Waals surface area contributed by atoms with Gasteiger partial charge in [0, 0.05) is 0 Å². The van der Waals surface area contributed by atoms with Gasteiger partial charge in [0.25, 0.3) is 0 Å². The molecule has 1 aromatic rings. The van der Waals surface area contributed by atoms with Crippen LogP contribution in [-0.2, 0) is 9.47 Å². The zero-order valence-corrected chi connectivity index (χ0v) is 14.2. The lowest BCUT2D eigenvalue weighted by molar-refractivity contribution is -0.102. The molecule has 0 bridgehead atoms. The Balaban J connectivity index is 2.15. The SMILES string of the molecule is CCCNC(c1cc(Br)sc1Br)C1COCCO1. The van der Waals surface area contributed by atoms with Gasteiger partial charge in [0.15, 0.2) is 0 Å². The Labute approximate surface area is 128 Å². The standard InChI is InChI=1S/C12H17Br2NO2S/c1-2-3-15-11(9-7-16-4-5-17-9)8-6-10(13)18-12(8)14/h6,9,11,15H,2-5,7H2,1H3. The third-order valence-corrected chi connectivity index (χ3v) is 5.23. The topological polar surface area (TPSA) is 30.5 Å². The van der Waals surface area contributed by atoms with Crippen molar-refractivity contribution in [3.63, 3.8) is 0 Å². The van der Waals surface area contributed by atoms with Crippen LogP contribution in [0, 0.1) is 0 Å². The van der Waals surface area contributed by atoms with Crippen molar-refractivity contribution in [1.29, 1.82) is 0 Å². The van der Waals surface area contributed by atoms with Crippen LogP contribution in [0.5, 0.6) is 0 Å². The highest BCUT2D eigenvalue weighted by Gasteiger charge is 2.28. The first kappa shape index (κ1) is 14.9. The van der Waals surface area contributed by atoms with Crippen LogP contribution in [0.4, 0.5) is 0 Å². The van der Waals surface area contributed by atoms with Gasteiger partial charge in [-0.25, -0.2) is 0 Å². The van der Waals surface area contributed by atoms with Crippen molar-refractivity contribution < 1.29 is 9.47 Å². The van der Waals surface area contributed by atoms with E-state index in [0.717, 1.165) is 20.5 Å². The lowest BCUT2D eigenvalue weighted by Crippen LogP contribution is -2.40. The molecule has 1 aromatic heterocycles. The molecule has 0 radical (unpaired) electrons. The van der Waals surface area contributed by atoms with Crippen molar-refractivity contribution in [2.24, 2.45) is 0 Å². The van der Waals surface area contributed by atoms with Crippen molar-refractivity contribution in [1.82, 2.24) is 5.32 Å². The van der Waals surface area contributed by atoms with Gasteiger partial charge in [-0.1, -0.05) is 6.92 Å².